The Labute approximate surface area is 98.4 Å². The number of allylic oxidation sites excluding steroid dienone is 1. The molecule has 0 spiro atoms. The van der Waals surface area contributed by atoms with Gasteiger partial charge < -0.3 is 4.74 Å². The molecule has 0 aromatic carbocycles. The first-order chi connectivity index (χ1) is 7.49. The van der Waals surface area contributed by atoms with Crippen LogP contribution in [0.15, 0.2) is 24.3 Å². The topological polar surface area (TPSA) is 26.3 Å². The lowest BCUT2D eigenvalue weighted by molar-refractivity contribution is -0.114. The lowest BCUT2D eigenvalue weighted by Gasteiger charge is -2.35. The van der Waals surface area contributed by atoms with Gasteiger partial charge in [-0.2, -0.15) is 0 Å². The molecule has 1 aliphatic carbocycles. The van der Waals surface area contributed by atoms with Gasteiger partial charge in [0.1, 0.15) is 0 Å². The fraction of sp³-hybridized carbons (Fsp3) is 0.643. The molecule has 16 heavy (non-hydrogen) atoms. The highest BCUT2D eigenvalue weighted by Crippen LogP contribution is 2.33. The van der Waals surface area contributed by atoms with Gasteiger partial charge in [0.15, 0.2) is 5.78 Å². The van der Waals surface area contributed by atoms with Crippen LogP contribution in [0.25, 0.3) is 0 Å². The van der Waals surface area contributed by atoms with Crippen LogP contribution in [0.4, 0.5) is 0 Å². The molecule has 0 bridgehead atoms. The number of ketones is 1. The molecule has 0 amide bonds. The second kappa shape index (κ2) is 5.44. The SMILES string of the molecule is C=C1C(=O)C=CC(C)(C)C1OCCCCC. The van der Waals surface area contributed by atoms with Gasteiger partial charge in [0.05, 0.1) is 6.10 Å². The van der Waals surface area contributed by atoms with Crippen LogP contribution in [0.5, 0.6) is 0 Å². The Hall–Kier alpha value is -0.890. The summed E-state index contributed by atoms with van der Waals surface area (Å²) in [6.07, 6.45) is 6.76. The normalized spacial score (nSPS) is 23.8. The molecule has 1 aliphatic rings. The minimum Gasteiger partial charge on any atom is -0.373 e. The smallest absolute Gasteiger partial charge is 0.183 e. The summed E-state index contributed by atoms with van der Waals surface area (Å²) in [5.41, 5.74) is 0.459. The molecule has 1 unspecified atom stereocenters. The van der Waals surface area contributed by atoms with E-state index in [0.29, 0.717) is 12.2 Å². The molecule has 0 fully saturated rings. The molecule has 1 atom stereocenters. The fourth-order valence-corrected chi connectivity index (χ4v) is 1.93. The maximum atomic E-state index is 11.5. The molecule has 0 aliphatic heterocycles. The maximum absolute atomic E-state index is 11.5. The average molecular weight is 222 g/mol. The van der Waals surface area contributed by atoms with Crippen LogP contribution >= 0.6 is 0 Å². The van der Waals surface area contributed by atoms with Gasteiger partial charge >= 0.3 is 0 Å². The summed E-state index contributed by atoms with van der Waals surface area (Å²) in [6.45, 7) is 10.9. The molecule has 0 N–H and O–H groups in total. The Morgan fingerprint density at radius 1 is 1.44 bits per heavy atom. The quantitative estimate of drug-likeness (QED) is 0.527. The zero-order chi connectivity index (χ0) is 12.2. The number of unbranched alkanes of at least 4 members (excludes halogenated alkanes) is 2. The number of hydrogen-bond donors (Lipinski definition) is 0. The minimum absolute atomic E-state index is 0.000170. The predicted octanol–water partition coefficient (Wildman–Crippen LogP) is 3.28. The molecule has 0 saturated heterocycles. The lowest BCUT2D eigenvalue weighted by Crippen LogP contribution is -2.37. The van der Waals surface area contributed by atoms with Crippen molar-refractivity contribution in [1.82, 2.24) is 0 Å². The van der Waals surface area contributed by atoms with Gasteiger partial charge in [0.25, 0.3) is 0 Å². The fourth-order valence-electron chi connectivity index (χ4n) is 1.93. The largest absolute Gasteiger partial charge is 0.373 e. The monoisotopic (exact) mass is 222 g/mol. The number of carbonyl (C=O) groups is 1. The molecule has 90 valence electrons. The first-order valence-corrected chi connectivity index (χ1v) is 6.03. The Morgan fingerprint density at radius 3 is 2.75 bits per heavy atom. The Kier molecular flexibility index (Phi) is 4.48. The standard InChI is InChI=1S/C14H22O2/c1-5-6-7-10-16-13-11(2)12(15)8-9-14(13,3)4/h8-9,13H,2,5-7,10H2,1,3-4H3. The minimum atomic E-state index is -0.165. The van der Waals surface area contributed by atoms with Crippen LogP contribution < -0.4 is 0 Å². The second-order valence-electron chi connectivity index (χ2n) is 5.00. The van der Waals surface area contributed by atoms with Gasteiger partial charge in [-0.15, -0.1) is 0 Å². The van der Waals surface area contributed by atoms with E-state index < -0.39 is 0 Å². The zero-order valence-corrected chi connectivity index (χ0v) is 10.6. The van der Waals surface area contributed by atoms with E-state index in [2.05, 4.69) is 27.4 Å². The second-order valence-corrected chi connectivity index (χ2v) is 5.00. The summed E-state index contributed by atoms with van der Waals surface area (Å²) in [6, 6.07) is 0. The molecule has 2 heteroatoms. The number of ether oxygens (including phenoxy) is 1. The van der Waals surface area contributed by atoms with E-state index in [9.17, 15) is 4.79 Å². The molecule has 1 rings (SSSR count). The summed E-state index contributed by atoms with van der Waals surface area (Å²) >= 11 is 0. The molecule has 0 aromatic heterocycles. The summed E-state index contributed by atoms with van der Waals surface area (Å²) in [7, 11) is 0. The van der Waals surface area contributed by atoms with Crippen LogP contribution in [0.1, 0.15) is 40.0 Å². The number of rotatable bonds is 5. The number of carbonyl (C=O) groups excluding carboxylic acids is 1. The van der Waals surface area contributed by atoms with Crippen LogP contribution in [0.2, 0.25) is 0 Å². The van der Waals surface area contributed by atoms with Crippen molar-refractivity contribution in [1.29, 1.82) is 0 Å². The van der Waals surface area contributed by atoms with Gasteiger partial charge in [-0.1, -0.05) is 46.3 Å². The van der Waals surface area contributed by atoms with Gasteiger partial charge in [-0.3, -0.25) is 4.79 Å². The van der Waals surface area contributed by atoms with E-state index in [-0.39, 0.29) is 17.3 Å². The molecule has 0 aromatic rings. The number of hydrogen-bond acceptors (Lipinski definition) is 2. The van der Waals surface area contributed by atoms with Gasteiger partial charge in [-0.05, 0) is 12.5 Å². The average Bonchev–Trinajstić information content (AvgIpc) is 2.23. The van der Waals surface area contributed by atoms with Crippen molar-refractivity contribution >= 4 is 5.78 Å². The van der Waals surface area contributed by atoms with Crippen LogP contribution in [-0.4, -0.2) is 18.5 Å². The van der Waals surface area contributed by atoms with Crippen molar-refractivity contribution in [2.45, 2.75) is 46.1 Å². The van der Waals surface area contributed by atoms with Crippen molar-refractivity contribution in [2.24, 2.45) is 5.41 Å². The van der Waals surface area contributed by atoms with Gasteiger partial charge in [0, 0.05) is 17.6 Å². The van der Waals surface area contributed by atoms with E-state index in [1.807, 2.05) is 6.08 Å². The summed E-state index contributed by atoms with van der Waals surface area (Å²) in [5, 5.41) is 0. The summed E-state index contributed by atoms with van der Waals surface area (Å²) in [4.78, 5) is 11.5. The van der Waals surface area contributed by atoms with Crippen molar-refractivity contribution in [3.8, 4) is 0 Å². The van der Waals surface area contributed by atoms with Crippen LogP contribution in [-0.2, 0) is 9.53 Å². The molecule has 0 heterocycles. The van der Waals surface area contributed by atoms with E-state index >= 15 is 0 Å². The third-order valence-corrected chi connectivity index (χ3v) is 3.01. The molecular weight excluding hydrogens is 200 g/mol. The van der Waals surface area contributed by atoms with E-state index in [4.69, 9.17) is 4.74 Å². The van der Waals surface area contributed by atoms with Crippen molar-refractivity contribution < 1.29 is 9.53 Å². The van der Waals surface area contributed by atoms with Crippen molar-refractivity contribution in [3.63, 3.8) is 0 Å². The highest BCUT2D eigenvalue weighted by molar-refractivity contribution is 6.05. The van der Waals surface area contributed by atoms with Crippen molar-refractivity contribution in [2.75, 3.05) is 6.61 Å². The van der Waals surface area contributed by atoms with E-state index in [1.165, 1.54) is 12.8 Å². The van der Waals surface area contributed by atoms with E-state index in [1.54, 1.807) is 6.08 Å². The van der Waals surface area contributed by atoms with Gasteiger partial charge in [0.2, 0.25) is 0 Å². The Balaban J connectivity index is 2.58. The molecule has 0 saturated carbocycles. The Bertz CT molecular complexity index is 300. The molecule has 2 nitrogen and oxygen atoms in total. The highest BCUT2D eigenvalue weighted by Gasteiger charge is 2.35. The molecule has 0 radical (unpaired) electrons. The van der Waals surface area contributed by atoms with Crippen molar-refractivity contribution in [3.05, 3.63) is 24.3 Å². The maximum Gasteiger partial charge on any atom is 0.183 e. The first kappa shape index (κ1) is 13.2. The zero-order valence-electron chi connectivity index (χ0n) is 10.6. The van der Waals surface area contributed by atoms with Crippen LogP contribution in [0, 0.1) is 5.41 Å². The third-order valence-electron chi connectivity index (χ3n) is 3.01. The summed E-state index contributed by atoms with van der Waals surface area (Å²) < 4.78 is 5.81. The third kappa shape index (κ3) is 3.05. The first-order valence-electron chi connectivity index (χ1n) is 6.03. The lowest BCUT2D eigenvalue weighted by atomic mass is 9.77. The van der Waals surface area contributed by atoms with Gasteiger partial charge in [-0.25, -0.2) is 0 Å². The predicted molar refractivity (Wildman–Crippen MR) is 66.3 cm³/mol. The molecular formula is C14H22O2. The van der Waals surface area contributed by atoms with E-state index in [0.717, 1.165) is 6.42 Å². The summed E-state index contributed by atoms with van der Waals surface area (Å²) in [5.74, 6) is -0.000170. The van der Waals surface area contributed by atoms with Crippen LogP contribution in [0.3, 0.4) is 0 Å². The highest BCUT2D eigenvalue weighted by atomic mass is 16.5. The Morgan fingerprint density at radius 2 is 2.12 bits per heavy atom.